The first kappa shape index (κ1) is 28.9. The summed E-state index contributed by atoms with van der Waals surface area (Å²) in [6, 6.07) is -1.03. The van der Waals surface area contributed by atoms with Crippen LogP contribution in [0.4, 0.5) is 0 Å². The predicted molar refractivity (Wildman–Crippen MR) is 120 cm³/mol. The van der Waals surface area contributed by atoms with Crippen LogP contribution in [-0.4, -0.2) is 83.1 Å². The van der Waals surface area contributed by atoms with Gasteiger partial charge in [0.1, 0.15) is 11.6 Å². The number of nitrogens with one attached hydrogen (secondary N) is 3. The summed E-state index contributed by atoms with van der Waals surface area (Å²) in [6.45, 7) is 6.93. The van der Waals surface area contributed by atoms with Crippen LogP contribution >= 0.6 is 0 Å². The number of ether oxygens (including phenoxy) is 1. The Labute approximate surface area is 189 Å². The molecule has 0 saturated carbocycles. The van der Waals surface area contributed by atoms with E-state index in [9.17, 15) is 19.2 Å². The molecule has 180 valence electrons. The molecule has 0 bridgehead atoms. The lowest BCUT2D eigenvalue weighted by atomic mass is 10.1. The van der Waals surface area contributed by atoms with Crippen molar-refractivity contribution in [3.8, 4) is 0 Å². The molecule has 11 nitrogen and oxygen atoms in total. The Kier molecular flexibility index (Phi) is 12.7. The van der Waals surface area contributed by atoms with E-state index in [1.54, 1.807) is 46.1 Å². The molecule has 2 amide bonds. The van der Waals surface area contributed by atoms with Gasteiger partial charge in [0.2, 0.25) is 11.8 Å². The second-order valence-corrected chi connectivity index (χ2v) is 8.46. The van der Waals surface area contributed by atoms with E-state index in [-0.39, 0.29) is 31.8 Å². The van der Waals surface area contributed by atoms with Crippen LogP contribution in [0.2, 0.25) is 0 Å². The average Bonchev–Trinajstić information content (AvgIpc) is 3.04. The van der Waals surface area contributed by atoms with Gasteiger partial charge in [0.15, 0.2) is 5.78 Å². The summed E-state index contributed by atoms with van der Waals surface area (Å²) in [5.74, 6) is -2.02. The summed E-state index contributed by atoms with van der Waals surface area (Å²) < 4.78 is 7.20. The van der Waals surface area contributed by atoms with Gasteiger partial charge in [-0.2, -0.15) is 0 Å². The van der Waals surface area contributed by atoms with Crippen molar-refractivity contribution in [2.45, 2.75) is 52.2 Å². The Balaban J connectivity index is 0.00000115. The molecule has 0 spiro atoms. The zero-order valence-electron chi connectivity index (χ0n) is 20.0. The van der Waals surface area contributed by atoms with Crippen LogP contribution in [0.15, 0.2) is 12.5 Å². The highest BCUT2D eigenvalue weighted by Crippen LogP contribution is 2.11. The number of amides is 2. The third-order valence-electron chi connectivity index (χ3n) is 3.83. The van der Waals surface area contributed by atoms with E-state index in [4.69, 9.17) is 10.1 Å². The van der Waals surface area contributed by atoms with Crippen molar-refractivity contribution >= 4 is 29.8 Å². The van der Waals surface area contributed by atoms with E-state index in [1.807, 2.05) is 24.7 Å². The van der Waals surface area contributed by atoms with Gasteiger partial charge in [-0.05, 0) is 48.2 Å². The van der Waals surface area contributed by atoms with Gasteiger partial charge in [0, 0.05) is 25.4 Å². The van der Waals surface area contributed by atoms with Gasteiger partial charge in [-0.25, -0.2) is 9.78 Å². The van der Waals surface area contributed by atoms with Gasteiger partial charge >= 0.3 is 5.97 Å². The van der Waals surface area contributed by atoms with Crippen molar-refractivity contribution in [1.29, 1.82) is 5.41 Å². The van der Waals surface area contributed by atoms with Gasteiger partial charge in [0.25, 0.3) is 0 Å². The first-order valence-corrected chi connectivity index (χ1v) is 10.1. The van der Waals surface area contributed by atoms with Crippen LogP contribution in [0.25, 0.3) is 0 Å². The number of imidazole rings is 1. The number of likely N-dealkylation sites (N-methyl/N-ethyl adjacent to an activating group) is 1. The van der Waals surface area contributed by atoms with Crippen LogP contribution in [0, 0.1) is 12.3 Å². The molecule has 1 heterocycles. The first-order valence-electron chi connectivity index (χ1n) is 10.1. The molecule has 1 atom stereocenters. The number of nitrogens with zero attached hydrogens (tertiary/aromatic N) is 3. The molecule has 1 rings (SSSR count). The zero-order valence-corrected chi connectivity index (χ0v) is 20.0. The molecule has 0 fully saturated rings. The quantitative estimate of drug-likeness (QED) is 0.340. The average molecular weight is 453 g/mol. The molecule has 32 heavy (non-hydrogen) atoms. The minimum Gasteiger partial charge on any atom is -0.458 e. The fraction of sp³-hybridized carbons (Fsp3) is 0.619. The summed E-state index contributed by atoms with van der Waals surface area (Å²) in [7, 11) is 5.42. The first-order chi connectivity index (χ1) is 14.7. The number of aromatic nitrogens is 2. The summed E-state index contributed by atoms with van der Waals surface area (Å²) in [4.78, 5) is 52.5. The van der Waals surface area contributed by atoms with Crippen molar-refractivity contribution in [3.63, 3.8) is 0 Å². The fourth-order valence-corrected chi connectivity index (χ4v) is 2.17. The van der Waals surface area contributed by atoms with E-state index in [0.29, 0.717) is 6.21 Å². The van der Waals surface area contributed by atoms with Gasteiger partial charge in [0.05, 0.1) is 25.6 Å². The lowest BCUT2D eigenvalue weighted by Crippen LogP contribution is -2.48. The van der Waals surface area contributed by atoms with E-state index in [1.165, 1.54) is 5.69 Å². The van der Waals surface area contributed by atoms with E-state index in [0.717, 1.165) is 0 Å². The molecule has 0 aromatic carbocycles. The number of rotatable bonds is 10. The van der Waals surface area contributed by atoms with E-state index in [2.05, 4.69) is 15.6 Å². The maximum atomic E-state index is 12.2. The Hall–Kier alpha value is -3.08. The number of esters is 1. The van der Waals surface area contributed by atoms with Gasteiger partial charge < -0.3 is 30.2 Å². The SMILES string of the molecule is CN(C)CC(=O)NCC(=O)N[C@@H](CCC(=O)C=N)C(=O)OC(C)(C)C.Cc1cncn1C. The monoisotopic (exact) mass is 452 g/mol. The number of aryl methyl sites for hydroxylation is 2. The fourth-order valence-electron chi connectivity index (χ4n) is 2.17. The third kappa shape index (κ3) is 14.0. The lowest BCUT2D eigenvalue weighted by molar-refractivity contribution is -0.158. The van der Waals surface area contributed by atoms with Gasteiger partial charge in [-0.15, -0.1) is 0 Å². The largest absolute Gasteiger partial charge is 0.458 e. The minimum atomic E-state index is -1.03. The Morgan fingerprint density at radius 2 is 1.88 bits per heavy atom. The molecule has 0 aliphatic rings. The van der Waals surface area contributed by atoms with Crippen LogP contribution in [0.5, 0.6) is 0 Å². The highest BCUT2D eigenvalue weighted by atomic mass is 16.6. The smallest absolute Gasteiger partial charge is 0.329 e. The van der Waals surface area contributed by atoms with Crippen molar-refractivity contribution < 1.29 is 23.9 Å². The van der Waals surface area contributed by atoms with Crippen molar-refractivity contribution in [1.82, 2.24) is 25.1 Å². The van der Waals surface area contributed by atoms with Crippen molar-refractivity contribution in [2.24, 2.45) is 7.05 Å². The zero-order chi connectivity index (χ0) is 24.9. The normalized spacial score (nSPS) is 11.6. The molecule has 0 unspecified atom stereocenters. The molecular weight excluding hydrogens is 416 g/mol. The topological polar surface area (TPSA) is 146 Å². The van der Waals surface area contributed by atoms with Crippen molar-refractivity contribution in [2.75, 3.05) is 27.2 Å². The van der Waals surface area contributed by atoms with E-state index >= 15 is 0 Å². The third-order valence-corrected chi connectivity index (χ3v) is 3.83. The number of carbonyl (C=O) groups is 4. The molecular formula is C21H36N6O5. The molecule has 0 aliphatic carbocycles. The van der Waals surface area contributed by atoms with Crippen LogP contribution in [0.1, 0.15) is 39.3 Å². The van der Waals surface area contributed by atoms with Crippen LogP contribution in [-0.2, 0) is 31.0 Å². The maximum Gasteiger partial charge on any atom is 0.329 e. The Morgan fingerprint density at radius 1 is 1.25 bits per heavy atom. The second-order valence-electron chi connectivity index (χ2n) is 8.46. The number of hydrogen-bond acceptors (Lipinski definition) is 8. The summed E-state index contributed by atoms with van der Waals surface area (Å²) in [6.07, 6.45) is 4.23. The standard InChI is InChI=1S/C16H28N4O5.C5H8N2/c1-16(2,3)25-15(24)12(7-6-11(21)8-17)19-13(22)9-18-14(23)10-20(4)5;1-5-3-6-4-7(5)2/h8,12,17H,6-7,9-10H2,1-5H3,(H,18,23)(H,19,22);3-4H,1-2H3/t12-;/m0./s1. The van der Waals surface area contributed by atoms with Gasteiger partial charge in [-0.1, -0.05) is 0 Å². The van der Waals surface area contributed by atoms with Crippen LogP contribution < -0.4 is 10.6 Å². The minimum absolute atomic E-state index is 0.0144. The molecule has 0 aliphatic heterocycles. The summed E-state index contributed by atoms with van der Waals surface area (Å²) in [5.41, 5.74) is 0.450. The molecule has 1 aromatic heterocycles. The predicted octanol–water partition coefficient (Wildman–Crippen LogP) is 0.218. The number of Topliss-reactive ketones (excluding diaryl/α,β-unsaturated/α-hetero) is 1. The summed E-state index contributed by atoms with van der Waals surface area (Å²) in [5, 5.41) is 11.8. The van der Waals surface area contributed by atoms with Crippen molar-refractivity contribution in [3.05, 3.63) is 18.2 Å². The maximum absolute atomic E-state index is 12.2. The number of ketones is 1. The van der Waals surface area contributed by atoms with Gasteiger partial charge in [-0.3, -0.25) is 14.4 Å². The van der Waals surface area contributed by atoms with Crippen LogP contribution in [0.3, 0.4) is 0 Å². The number of carbonyl (C=O) groups excluding carboxylic acids is 4. The number of hydrogen-bond donors (Lipinski definition) is 3. The Morgan fingerprint density at radius 3 is 2.28 bits per heavy atom. The Bertz CT molecular complexity index is 765. The highest BCUT2D eigenvalue weighted by molar-refractivity contribution is 6.26. The summed E-state index contributed by atoms with van der Waals surface area (Å²) >= 11 is 0. The van der Waals surface area contributed by atoms with E-state index < -0.39 is 29.3 Å². The molecule has 0 saturated heterocycles. The molecule has 3 N–H and O–H groups in total. The molecule has 1 aromatic rings. The molecule has 11 heteroatoms. The highest BCUT2D eigenvalue weighted by Gasteiger charge is 2.27. The second kappa shape index (κ2) is 14.1. The molecule has 0 radical (unpaired) electrons. The lowest BCUT2D eigenvalue weighted by Gasteiger charge is -2.24.